The van der Waals surface area contributed by atoms with Gasteiger partial charge < -0.3 is 10.6 Å². The van der Waals surface area contributed by atoms with Crippen molar-refractivity contribution in [3.05, 3.63) is 53.6 Å². The lowest BCUT2D eigenvalue weighted by Crippen LogP contribution is -2.34. The Bertz CT molecular complexity index is 904. The van der Waals surface area contributed by atoms with Crippen LogP contribution >= 0.6 is 11.6 Å². The van der Waals surface area contributed by atoms with Crippen molar-refractivity contribution in [3.8, 4) is 0 Å². The molecule has 2 N–H and O–H groups in total. The number of para-hydroxylation sites is 1. The first-order valence-corrected chi connectivity index (χ1v) is 11.0. The molecule has 2 rings (SSSR count). The maximum absolute atomic E-state index is 13.1. The minimum atomic E-state index is -3.80. The van der Waals surface area contributed by atoms with Gasteiger partial charge in [-0.2, -0.15) is 0 Å². The smallest absolute Gasteiger partial charge is 0.264 e. The van der Waals surface area contributed by atoms with E-state index in [2.05, 4.69) is 10.6 Å². The summed E-state index contributed by atoms with van der Waals surface area (Å²) in [6.07, 6.45) is 0.897. The number of hydrogen-bond acceptors (Lipinski definition) is 4. The zero-order valence-electron chi connectivity index (χ0n) is 16.3. The van der Waals surface area contributed by atoms with Crippen molar-refractivity contribution in [3.63, 3.8) is 0 Å². The standard InChI is InChI=1S/C20H26ClN3O3S/c1-4-15(3)22-14-20(25)23-19-13-17(11-12-18(19)21)28(26,27)24(5-2)16-9-7-6-8-10-16/h6-13,15,22H,4-5,14H2,1-3H3,(H,23,25)/t15-/m1/s1. The van der Waals surface area contributed by atoms with Crippen LogP contribution in [0, 0.1) is 0 Å². The number of sulfonamides is 1. The van der Waals surface area contributed by atoms with Crippen LogP contribution in [-0.4, -0.2) is 33.5 Å². The molecule has 0 aliphatic rings. The highest BCUT2D eigenvalue weighted by Gasteiger charge is 2.24. The predicted octanol–water partition coefficient (Wildman–Crippen LogP) is 3.88. The predicted molar refractivity (Wildman–Crippen MR) is 114 cm³/mol. The fourth-order valence-corrected chi connectivity index (χ4v) is 4.24. The van der Waals surface area contributed by atoms with Crippen molar-refractivity contribution in [2.24, 2.45) is 0 Å². The van der Waals surface area contributed by atoms with Crippen molar-refractivity contribution >= 4 is 38.9 Å². The van der Waals surface area contributed by atoms with E-state index in [4.69, 9.17) is 11.6 Å². The van der Waals surface area contributed by atoms with Gasteiger partial charge in [-0.05, 0) is 50.6 Å². The van der Waals surface area contributed by atoms with E-state index in [0.29, 0.717) is 5.69 Å². The van der Waals surface area contributed by atoms with Gasteiger partial charge in [-0.3, -0.25) is 9.10 Å². The number of nitrogens with one attached hydrogen (secondary N) is 2. The highest BCUT2D eigenvalue weighted by Crippen LogP contribution is 2.29. The van der Waals surface area contributed by atoms with Crippen LogP contribution in [0.3, 0.4) is 0 Å². The van der Waals surface area contributed by atoms with Crippen LogP contribution in [-0.2, 0) is 14.8 Å². The van der Waals surface area contributed by atoms with E-state index in [-0.39, 0.29) is 40.6 Å². The molecule has 2 aromatic carbocycles. The average Bonchev–Trinajstić information content (AvgIpc) is 2.68. The summed E-state index contributed by atoms with van der Waals surface area (Å²) < 4.78 is 27.6. The Morgan fingerprint density at radius 2 is 1.82 bits per heavy atom. The molecule has 0 radical (unpaired) electrons. The Kier molecular flexibility index (Phi) is 7.86. The first-order chi connectivity index (χ1) is 13.3. The van der Waals surface area contributed by atoms with Crippen LogP contribution in [0.2, 0.25) is 5.02 Å². The van der Waals surface area contributed by atoms with Crippen LogP contribution < -0.4 is 14.9 Å². The third-order valence-electron chi connectivity index (χ3n) is 4.35. The molecule has 0 unspecified atom stereocenters. The molecule has 0 bridgehead atoms. The molecule has 0 saturated carbocycles. The van der Waals surface area contributed by atoms with E-state index < -0.39 is 10.0 Å². The molecular weight excluding hydrogens is 398 g/mol. The Hall–Kier alpha value is -2.09. The summed E-state index contributed by atoms with van der Waals surface area (Å²) in [5, 5.41) is 6.04. The lowest BCUT2D eigenvalue weighted by Gasteiger charge is -2.23. The molecule has 0 aromatic heterocycles. The second kappa shape index (κ2) is 9.91. The minimum absolute atomic E-state index is 0.0628. The average molecular weight is 424 g/mol. The fraction of sp³-hybridized carbons (Fsp3) is 0.350. The zero-order chi connectivity index (χ0) is 20.7. The maximum atomic E-state index is 13.1. The highest BCUT2D eigenvalue weighted by atomic mass is 35.5. The Labute approximate surface area is 171 Å². The highest BCUT2D eigenvalue weighted by molar-refractivity contribution is 7.92. The van der Waals surface area contributed by atoms with Gasteiger partial charge in [-0.25, -0.2) is 8.42 Å². The fourth-order valence-electron chi connectivity index (χ4n) is 2.58. The first kappa shape index (κ1) is 22.2. The number of rotatable bonds is 9. The normalized spacial score (nSPS) is 12.4. The first-order valence-electron chi connectivity index (χ1n) is 9.20. The Morgan fingerprint density at radius 3 is 2.43 bits per heavy atom. The van der Waals surface area contributed by atoms with Crippen molar-refractivity contribution in [2.45, 2.75) is 38.1 Å². The molecule has 8 heteroatoms. The molecule has 152 valence electrons. The monoisotopic (exact) mass is 423 g/mol. The van der Waals surface area contributed by atoms with E-state index in [1.807, 2.05) is 19.9 Å². The summed E-state index contributed by atoms with van der Waals surface area (Å²) in [5.41, 5.74) is 0.839. The molecular formula is C20H26ClN3O3S. The minimum Gasteiger partial charge on any atom is -0.324 e. The van der Waals surface area contributed by atoms with E-state index >= 15 is 0 Å². The van der Waals surface area contributed by atoms with Gasteiger partial charge in [0.1, 0.15) is 0 Å². The van der Waals surface area contributed by atoms with Crippen LogP contribution in [0.4, 0.5) is 11.4 Å². The molecule has 2 aromatic rings. The van der Waals surface area contributed by atoms with E-state index in [1.54, 1.807) is 31.2 Å². The number of carbonyl (C=O) groups excluding carboxylic acids is 1. The molecule has 6 nitrogen and oxygen atoms in total. The second-order valence-corrected chi connectivity index (χ2v) is 8.65. The van der Waals surface area contributed by atoms with Gasteiger partial charge in [-0.15, -0.1) is 0 Å². The summed E-state index contributed by atoms with van der Waals surface area (Å²) >= 11 is 6.17. The number of anilines is 2. The zero-order valence-corrected chi connectivity index (χ0v) is 17.8. The van der Waals surface area contributed by atoms with Crippen LogP contribution in [0.25, 0.3) is 0 Å². The van der Waals surface area contributed by atoms with Gasteiger partial charge in [0.25, 0.3) is 10.0 Å². The van der Waals surface area contributed by atoms with Crippen LogP contribution in [0.15, 0.2) is 53.4 Å². The SMILES string of the molecule is CC[C@@H](C)NCC(=O)Nc1cc(S(=O)(=O)N(CC)c2ccccc2)ccc1Cl. The number of carbonyl (C=O) groups is 1. The Morgan fingerprint density at radius 1 is 1.14 bits per heavy atom. The molecule has 0 heterocycles. The molecule has 28 heavy (non-hydrogen) atoms. The summed E-state index contributed by atoms with van der Waals surface area (Å²) in [4.78, 5) is 12.2. The van der Waals surface area contributed by atoms with E-state index in [0.717, 1.165) is 6.42 Å². The third-order valence-corrected chi connectivity index (χ3v) is 6.58. The largest absolute Gasteiger partial charge is 0.324 e. The van der Waals surface area contributed by atoms with Crippen molar-refractivity contribution in [1.82, 2.24) is 5.32 Å². The quantitative estimate of drug-likeness (QED) is 0.641. The van der Waals surface area contributed by atoms with Gasteiger partial charge in [0, 0.05) is 12.6 Å². The van der Waals surface area contributed by atoms with Crippen molar-refractivity contribution in [2.75, 3.05) is 22.7 Å². The summed E-state index contributed by atoms with van der Waals surface area (Å²) in [7, 11) is -3.80. The Balaban J connectivity index is 2.26. The van der Waals surface area contributed by atoms with E-state index in [9.17, 15) is 13.2 Å². The number of amides is 1. The lowest BCUT2D eigenvalue weighted by atomic mass is 10.2. The summed E-state index contributed by atoms with van der Waals surface area (Å²) in [6, 6.07) is 13.4. The number of hydrogen-bond donors (Lipinski definition) is 2. The molecule has 0 saturated heterocycles. The number of halogens is 1. The molecule has 0 fully saturated rings. The van der Waals surface area contributed by atoms with E-state index in [1.165, 1.54) is 22.5 Å². The number of nitrogens with zero attached hydrogens (tertiary/aromatic N) is 1. The second-order valence-electron chi connectivity index (χ2n) is 6.39. The number of benzene rings is 2. The topological polar surface area (TPSA) is 78.5 Å². The van der Waals surface area contributed by atoms with Gasteiger partial charge in [0.2, 0.25) is 5.91 Å². The summed E-state index contributed by atoms with van der Waals surface area (Å²) in [6.45, 7) is 6.16. The van der Waals surface area contributed by atoms with Crippen molar-refractivity contribution in [1.29, 1.82) is 0 Å². The van der Waals surface area contributed by atoms with Crippen LogP contribution in [0.1, 0.15) is 27.2 Å². The van der Waals surface area contributed by atoms with Gasteiger partial charge in [0.05, 0.1) is 27.8 Å². The van der Waals surface area contributed by atoms with Crippen LogP contribution in [0.5, 0.6) is 0 Å². The third kappa shape index (κ3) is 5.47. The van der Waals surface area contributed by atoms with Gasteiger partial charge >= 0.3 is 0 Å². The van der Waals surface area contributed by atoms with Gasteiger partial charge in [0.15, 0.2) is 0 Å². The maximum Gasteiger partial charge on any atom is 0.264 e. The molecule has 0 spiro atoms. The summed E-state index contributed by atoms with van der Waals surface area (Å²) in [5.74, 6) is -0.285. The lowest BCUT2D eigenvalue weighted by molar-refractivity contribution is -0.115. The molecule has 1 amide bonds. The van der Waals surface area contributed by atoms with Crippen molar-refractivity contribution < 1.29 is 13.2 Å². The van der Waals surface area contributed by atoms with Gasteiger partial charge in [-0.1, -0.05) is 36.7 Å². The molecule has 1 atom stereocenters. The molecule has 0 aliphatic heterocycles. The molecule has 0 aliphatic carbocycles.